The van der Waals surface area contributed by atoms with Crippen molar-refractivity contribution in [3.05, 3.63) is 65.9 Å². The Labute approximate surface area is 133 Å². The van der Waals surface area contributed by atoms with Gasteiger partial charge in [0.05, 0.1) is 42.8 Å². The lowest BCUT2D eigenvalue weighted by atomic mass is 9.77. The molecule has 0 saturated heterocycles. The van der Waals surface area contributed by atoms with E-state index in [1.165, 1.54) is 11.1 Å². The van der Waals surface area contributed by atoms with Gasteiger partial charge in [-0.3, -0.25) is 0 Å². The molecule has 3 atom stereocenters. The molecule has 5 heteroatoms. The molecule has 0 unspecified atom stereocenters. The van der Waals surface area contributed by atoms with Crippen molar-refractivity contribution in [2.24, 2.45) is 5.92 Å². The van der Waals surface area contributed by atoms with Crippen molar-refractivity contribution in [1.29, 1.82) is 0 Å². The van der Waals surface area contributed by atoms with Crippen LogP contribution in [-0.4, -0.2) is 24.9 Å². The van der Waals surface area contributed by atoms with Gasteiger partial charge in [-0.15, -0.1) is 0 Å². The Morgan fingerprint density at radius 3 is 2.87 bits per heavy atom. The lowest BCUT2D eigenvalue weighted by Gasteiger charge is -2.34. The molecule has 3 aromatic rings. The number of nitrogens with zero attached hydrogens (tertiary/aromatic N) is 4. The first-order valence-electron chi connectivity index (χ1n) is 7.93. The van der Waals surface area contributed by atoms with Crippen LogP contribution in [0.3, 0.4) is 0 Å². The van der Waals surface area contributed by atoms with E-state index in [-0.39, 0.29) is 12.0 Å². The van der Waals surface area contributed by atoms with Crippen LogP contribution >= 0.6 is 0 Å². The van der Waals surface area contributed by atoms with Crippen LogP contribution in [0.4, 0.5) is 0 Å². The molecule has 1 N–H and O–H groups in total. The molecule has 2 aromatic heterocycles. The van der Waals surface area contributed by atoms with Crippen molar-refractivity contribution in [3.8, 4) is 11.3 Å². The molecule has 0 radical (unpaired) electrons. The summed E-state index contributed by atoms with van der Waals surface area (Å²) in [7, 11) is 0. The zero-order valence-electron chi connectivity index (χ0n) is 12.5. The summed E-state index contributed by atoms with van der Waals surface area (Å²) >= 11 is 0. The van der Waals surface area contributed by atoms with Crippen LogP contribution in [0.5, 0.6) is 0 Å². The molecule has 0 amide bonds. The summed E-state index contributed by atoms with van der Waals surface area (Å²) in [6.45, 7) is 0. The second-order valence-corrected chi connectivity index (χ2v) is 6.34. The third-order valence-corrected chi connectivity index (χ3v) is 5.25. The number of benzene rings is 1. The fraction of sp³-hybridized carbons (Fsp3) is 0.278. The van der Waals surface area contributed by atoms with Crippen LogP contribution in [0.2, 0.25) is 0 Å². The Hall–Kier alpha value is -2.53. The SMILES string of the molecule is O[C@@H]1c2cnncc2CC[C@@H]1[C@@H]1c2ccccc2-c2cncn21. The number of hydrogen-bond donors (Lipinski definition) is 1. The standard InChI is InChI=1S/C18H16N4O/c23-18-14(6-5-11-7-20-21-8-15(11)18)17-13-4-2-1-3-12(13)16-9-19-10-22(16)17/h1-4,7-10,14,17-18,23H,5-6H2/t14-,17+,18+/m1/s1. The Morgan fingerprint density at radius 1 is 1.04 bits per heavy atom. The highest BCUT2D eigenvalue weighted by Crippen LogP contribution is 2.49. The maximum absolute atomic E-state index is 11.0. The summed E-state index contributed by atoms with van der Waals surface area (Å²) in [6, 6.07) is 8.55. The van der Waals surface area contributed by atoms with E-state index in [2.05, 4.69) is 44.0 Å². The Morgan fingerprint density at radius 2 is 1.91 bits per heavy atom. The largest absolute Gasteiger partial charge is 0.388 e. The number of aromatic nitrogens is 4. The zero-order valence-corrected chi connectivity index (χ0v) is 12.5. The van der Waals surface area contributed by atoms with E-state index < -0.39 is 6.10 Å². The van der Waals surface area contributed by atoms with Crippen molar-refractivity contribution in [3.63, 3.8) is 0 Å². The Bertz CT molecular complexity index is 888. The molecule has 0 fully saturated rings. The van der Waals surface area contributed by atoms with E-state index in [9.17, 15) is 5.11 Å². The van der Waals surface area contributed by atoms with Crippen molar-refractivity contribution in [2.45, 2.75) is 25.0 Å². The second-order valence-electron chi connectivity index (χ2n) is 6.34. The minimum absolute atomic E-state index is 0.114. The highest BCUT2D eigenvalue weighted by Gasteiger charge is 2.40. The molecule has 114 valence electrons. The topological polar surface area (TPSA) is 63.8 Å². The quantitative estimate of drug-likeness (QED) is 0.750. The number of aryl methyl sites for hydroxylation is 1. The van der Waals surface area contributed by atoms with Gasteiger partial charge in [0.1, 0.15) is 0 Å². The number of imidazole rings is 1. The summed E-state index contributed by atoms with van der Waals surface area (Å²) in [5.41, 5.74) is 5.67. The van der Waals surface area contributed by atoms with Crippen LogP contribution < -0.4 is 0 Å². The fourth-order valence-electron chi connectivity index (χ4n) is 4.18. The van der Waals surface area contributed by atoms with Crippen LogP contribution in [0.25, 0.3) is 11.3 Å². The highest BCUT2D eigenvalue weighted by atomic mass is 16.3. The Balaban J connectivity index is 1.64. The first-order chi connectivity index (χ1) is 11.3. The zero-order chi connectivity index (χ0) is 15.4. The van der Waals surface area contributed by atoms with Gasteiger partial charge in [0, 0.05) is 17.0 Å². The summed E-state index contributed by atoms with van der Waals surface area (Å²) in [4.78, 5) is 4.32. The van der Waals surface area contributed by atoms with Crippen molar-refractivity contribution >= 4 is 0 Å². The van der Waals surface area contributed by atoms with Crippen LogP contribution in [0.15, 0.2) is 49.2 Å². The molecular formula is C18H16N4O. The van der Waals surface area contributed by atoms with Gasteiger partial charge in [0.2, 0.25) is 0 Å². The van der Waals surface area contributed by atoms with Gasteiger partial charge >= 0.3 is 0 Å². The molecule has 0 saturated carbocycles. The van der Waals surface area contributed by atoms with Gasteiger partial charge in [-0.25, -0.2) is 4.98 Å². The summed E-state index contributed by atoms with van der Waals surface area (Å²) in [6.07, 6.45) is 8.61. The molecule has 1 aliphatic carbocycles. The van der Waals surface area contributed by atoms with E-state index in [0.717, 1.165) is 29.7 Å². The van der Waals surface area contributed by atoms with Crippen molar-refractivity contribution in [1.82, 2.24) is 19.7 Å². The highest BCUT2D eigenvalue weighted by molar-refractivity contribution is 5.69. The third kappa shape index (κ3) is 1.74. The predicted octanol–water partition coefficient (Wildman–Crippen LogP) is 2.54. The van der Waals surface area contributed by atoms with Gasteiger partial charge in [0.15, 0.2) is 0 Å². The average Bonchev–Trinajstić information content (AvgIpc) is 3.17. The predicted molar refractivity (Wildman–Crippen MR) is 84.6 cm³/mol. The lowest BCUT2D eigenvalue weighted by Crippen LogP contribution is -2.28. The molecule has 2 aliphatic rings. The van der Waals surface area contributed by atoms with Gasteiger partial charge in [-0.2, -0.15) is 10.2 Å². The fourth-order valence-corrected chi connectivity index (χ4v) is 4.18. The molecule has 3 heterocycles. The third-order valence-electron chi connectivity index (χ3n) is 5.25. The van der Waals surface area contributed by atoms with Gasteiger partial charge in [-0.05, 0) is 24.0 Å². The van der Waals surface area contributed by atoms with Crippen LogP contribution in [0.1, 0.15) is 35.3 Å². The maximum Gasteiger partial charge on any atom is 0.0956 e. The number of aliphatic hydroxyl groups excluding tert-OH is 1. The second kappa shape index (κ2) is 4.73. The van der Waals surface area contributed by atoms with Crippen molar-refractivity contribution in [2.75, 3.05) is 0 Å². The number of hydrogen-bond acceptors (Lipinski definition) is 4. The maximum atomic E-state index is 11.0. The van der Waals surface area contributed by atoms with E-state index >= 15 is 0 Å². The smallest absolute Gasteiger partial charge is 0.0956 e. The van der Waals surface area contributed by atoms with E-state index in [1.54, 1.807) is 12.4 Å². The number of aliphatic hydroxyl groups is 1. The molecular weight excluding hydrogens is 288 g/mol. The number of fused-ring (bicyclic) bond motifs is 4. The van der Waals surface area contributed by atoms with E-state index in [4.69, 9.17) is 0 Å². The molecule has 23 heavy (non-hydrogen) atoms. The molecule has 0 bridgehead atoms. The summed E-state index contributed by atoms with van der Waals surface area (Å²) in [5, 5.41) is 18.9. The molecule has 5 nitrogen and oxygen atoms in total. The van der Waals surface area contributed by atoms with Gasteiger partial charge in [0.25, 0.3) is 0 Å². The Kier molecular flexibility index (Phi) is 2.67. The monoisotopic (exact) mass is 304 g/mol. The minimum atomic E-state index is -0.527. The number of rotatable bonds is 1. The lowest BCUT2D eigenvalue weighted by molar-refractivity contribution is 0.0714. The van der Waals surface area contributed by atoms with Crippen LogP contribution in [0, 0.1) is 5.92 Å². The molecule has 0 spiro atoms. The normalized spacial score (nSPS) is 24.8. The van der Waals surface area contributed by atoms with Crippen LogP contribution in [-0.2, 0) is 6.42 Å². The summed E-state index contributed by atoms with van der Waals surface area (Å²) in [5.74, 6) is 0.114. The average molecular weight is 304 g/mol. The first-order valence-corrected chi connectivity index (χ1v) is 7.93. The van der Waals surface area contributed by atoms with E-state index in [1.807, 2.05) is 12.5 Å². The van der Waals surface area contributed by atoms with Crippen molar-refractivity contribution < 1.29 is 5.11 Å². The van der Waals surface area contributed by atoms with E-state index in [0.29, 0.717) is 0 Å². The van der Waals surface area contributed by atoms with Gasteiger partial charge < -0.3 is 9.67 Å². The molecule has 5 rings (SSSR count). The minimum Gasteiger partial charge on any atom is -0.388 e. The molecule has 1 aliphatic heterocycles. The van der Waals surface area contributed by atoms with Gasteiger partial charge in [-0.1, -0.05) is 24.3 Å². The summed E-state index contributed by atoms with van der Waals surface area (Å²) < 4.78 is 2.21. The molecule has 1 aromatic carbocycles. The first kappa shape index (κ1) is 13.0.